The van der Waals surface area contributed by atoms with Crippen LogP contribution < -0.4 is 5.73 Å². The Morgan fingerprint density at radius 3 is 2.25 bits per heavy atom. The summed E-state index contributed by atoms with van der Waals surface area (Å²) in [4.78, 5) is 27.0. The van der Waals surface area contributed by atoms with Gasteiger partial charge in [-0.2, -0.15) is 0 Å². The van der Waals surface area contributed by atoms with Gasteiger partial charge in [-0.3, -0.25) is 4.79 Å². The molecule has 2 aliphatic rings. The van der Waals surface area contributed by atoms with E-state index in [0.717, 1.165) is 45.2 Å². The first kappa shape index (κ1) is 11.2. The Bertz CT molecular complexity index is 287. The number of carbonyl (C=O) groups is 2. The summed E-state index contributed by atoms with van der Waals surface area (Å²) in [6, 6.07) is -0.386. The van der Waals surface area contributed by atoms with Gasteiger partial charge in [-0.15, -0.1) is 0 Å². The van der Waals surface area contributed by atoms with E-state index in [9.17, 15) is 9.59 Å². The number of nitrogens with zero attached hydrogens (tertiary/aromatic N) is 2. The second kappa shape index (κ2) is 4.72. The van der Waals surface area contributed by atoms with Crippen LogP contribution in [-0.4, -0.2) is 47.4 Å². The smallest absolute Gasteiger partial charge is 0.320 e. The molecule has 0 saturated carbocycles. The summed E-state index contributed by atoms with van der Waals surface area (Å²) >= 11 is 0. The molecule has 5 heteroatoms. The minimum absolute atomic E-state index is 0.000926. The van der Waals surface area contributed by atoms with Crippen molar-refractivity contribution in [1.82, 2.24) is 9.80 Å². The fourth-order valence-electron chi connectivity index (χ4n) is 2.55. The van der Waals surface area contributed by atoms with Crippen LogP contribution in [-0.2, 0) is 4.79 Å². The molecule has 0 spiro atoms. The summed E-state index contributed by atoms with van der Waals surface area (Å²) in [6.07, 6.45) is 4.82. The van der Waals surface area contributed by atoms with Gasteiger partial charge in [-0.1, -0.05) is 0 Å². The molecule has 0 radical (unpaired) electrons. The predicted molar refractivity (Wildman–Crippen MR) is 59.7 cm³/mol. The molecular formula is C11H19N3O2. The lowest BCUT2D eigenvalue weighted by Crippen LogP contribution is -2.54. The number of piperidine rings is 1. The van der Waals surface area contributed by atoms with Crippen LogP contribution in [0.4, 0.5) is 4.79 Å². The standard InChI is InChI=1S/C11H19N3O2/c12-10(15)9-5-1-2-8-14(9)11(16)13-6-3-4-7-13/h9H,1-8H2,(H2,12,15). The molecule has 2 heterocycles. The van der Waals surface area contributed by atoms with E-state index in [-0.39, 0.29) is 18.0 Å². The largest absolute Gasteiger partial charge is 0.368 e. The average Bonchev–Trinajstić information content (AvgIpc) is 2.81. The van der Waals surface area contributed by atoms with E-state index in [1.165, 1.54) is 0 Å². The maximum Gasteiger partial charge on any atom is 0.320 e. The Hall–Kier alpha value is -1.26. The van der Waals surface area contributed by atoms with Crippen molar-refractivity contribution < 1.29 is 9.59 Å². The molecule has 1 unspecified atom stereocenters. The Labute approximate surface area is 95.6 Å². The highest BCUT2D eigenvalue weighted by molar-refractivity contribution is 5.86. The second-order valence-electron chi connectivity index (χ2n) is 4.58. The maximum atomic E-state index is 12.2. The fraction of sp³-hybridized carbons (Fsp3) is 0.818. The van der Waals surface area contributed by atoms with Crippen molar-refractivity contribution in [2.75, 3.05) is 19.6 Å². The zero-order chi connectivity index (χ0) is 11.5. The van der Waals surface area contributed by atoms with Crippen LogP contribution in [0.15, 0.2) is 0 Å². The number of urea groups is 1. The predicted octanol–water partition coefficient (Wildman–Crippen LogP) is 0.542. The SMILES string of the molecule is NC(=O)C1CCCCN1C(=O)N1CCCC1. The van der Waals surface area contributed by atoms with E-state index < -0.39 is 0 Å². The van der Waals surface area contributed by atoms with Gasteiger partial charge in [0.15, 0.2) is 0 Å². The number of nitrogens with two attached hydrogens (primary N) is 1. The number of hydrogen-bond acceptors (Lipinski definition) is 2. The Balaban J connectivity index is 2.04. The van der Waals surface area contributed by atoms with Gasteiger partial charge < -0.3 is 15.5 Å². The third-order valence-corrected chi connectivity index (χ3v) is 3.45. The normalized spacial score (nSPS) is 25.9. The Morgan fingerprint density at radius 1 is 1.00 bits per heavy atom. The molecule has 2 aliphatic heterocycles. The highest BCUT2D eigenvalue weighted by atomic mass is 16.2. The van der Waals surface area contributed by atoms with Gasteiger partial charge in [0, 0.05) is 19.6 Å². The molecule has 16 heavy (non-hydrogen) atoms. The quantitative estimate of drug-likeness (QED) is 0.708. The number of carbonyl (C=O) groups excluding carboxylic acids is 2. The maximum absolute atomic E-state index is 12.2. The van der Waals surface area contributed by atoms with E-state index in [2.05, 4.69) is 0 Å². The van der Waals surface area contributed by atoms with Gasteiger partial charge in [0.25, 0.3) is 0 Å². The van der Waals surface area contributed by atoms with E-state index >= 15 is 0 Å². The molecule has 90 valence electrons. The molecule has 0 aliphatic carbocycles. The van der Waals surface area contributed by atoms with Crippen molar-refractivity contribution in [1.29, 1.82) is 0 Å². The molecule has 2 fully saturated rings. The van der Waals surface area contributed by atoms with E-state index in [1.54, 1.807) is 4.90 Å². The Kier molecular flexibility index (Phi) is 3.31. The first-order valence-electron chi connectivity index (χ1n) is 6.05. The lowest BCUT2D eigenvalue weighted by molar-refractivity contribution is -0.123. The zero-order valence-electron chi connectivity index (χ0n) is 9.52. The first-order chi connectivity index (χ1) is 7.70. The molecule has 2 saturated heterocycles. The molecule has 2 N–H and O–H groups in total. The van der Waals surface area contributed by atoms with Gasteiger partial charge in [0.05, 0.1) is 0 Å². The van der Waals surface area contributed by atoms with Crippen LogP contribution in [0.5, 0.6) is 0 Å². The minimum Gasteiger partial charge on any atom is -0.368 e. The molecule has 0 aromatic rings. The third kappa shape index (κ3) is 2.13. The van der Waals surface area contributed by atoms with E-state index in [4.69, 9.17) is 5.73 Å². The summed E-state index contributed by atoms with van der Waals surface area (Å²) in [6.45, 7) is 2.31. The van der Waals surface area contributed by atoms with E-state index in [1.807, 2.05) is 4.90 Å². The molecule has 5 nitrogen and oxygen atoms in total. The van der Waals surface area contributed by atoms with Gasteiger partial charge >= 0.3 is 6.03 Å². The number of likely N-dealkylation sites (tertiary alicyclic amines) is 2. The molecule has 2 rings (SSSR count). The van der Waals surface area contributed by atoms with Crippen molar-refractivity contribution in [2.24, 2.45) is 5.73 Å². The Morgan fingerprint density at radius 2 is 1.62 bits per heavy atom. The zero-order valence-corrected chi connectivity index (χ0v) is 9.52. The summed E-state index contributed by atoms with van der Waals surface area (Å²) < 4.78 is 0. The highest BCUT2D eigenvalue weighted by Crippen LogP contribution is 2.20. The second-order valence-corrected chi connectivity index (χ2v) is 4.58. The van der Waals surface area contributed by atoms with Crippen molar-refractivity contribution in [3.8, 4) is 0 Å². The van der Waals surface area contributed by atoms with Crippen LogP contribution in [0.1, 0.15) is 32.1 Å². The number of hydrogen-bond donors (Lipinski definition) is 1. The summed E-state index contributed by atoms with van der Waals surface area (Å²) in [5.41, 5.74) is 5.34. The number of primary amides is 1. The fourth-order valence-corrected chi connectivity index (χ4v) is 2.55. The summed E-state index contributed by atoms with van der Waals surface area (Å²) in [7, 11) is 0. The molecular weight excluding hydrogens is 206 g/mol. The molecule has 1 atom stereocenters. The molecule has 0 aromatic carbocycles. The van der Waals surface area contributed by atoms with Gasteiger partial charge in [-0.25, -0.2) is 4.79 Å². The van der Waals surface area contributed by atoms with E-state index in [0.29, 0.717) is 6.54 Å². The van der Waals surface area contributed by atoms with Crippen LogP contribution in [0.2, 0.25) is 0 Å². The molecule has 0 bridgehead atoms. The highest BCUT2D eigenvalue weighted by Gasteiger charge is 2.33. The lowest BCUT2D eigenvalue weighted by atomic mass is 10.0. The van der Waals surface area contributed by atoms with Gasteiger partial charge in [0.1, 0.15) is 6.04 Å². The van der Waals surface area contributed by atoms with Crippen molar-refractivity contribution in [3.05, 3.63) is 0 Å². The van der Waals surface area contributed by atoms with Gasteiger partial charge in [-0.05, 0) is 32.1 Å². The van der Waals surface area contributed by atoms with Crippen molar-refractivity contribution in [3.63, 3.8) is 0 Å². The minimum atomic E-state index is -0.387. The first-order valence-corrected chi connectivity index (χ1v) is 6.05. The summed E-state index contributed by atoms with van der Waals surface area (Å²) in [5, 5.41) is 0. The number of amides is 3. The van der Waals surface area contributed by atoms with Crippen molar-refractivity contribution in [2.45, 2.75) is 38.1 Å². The van der Waals surface area contributed by atoms with Gasteiger partial charge in [0.2, 0.25) is 5.91 Å². The lowest BCUT2D eigenvalue weighted by Gasteiger charge is -2.36. The monoisotopic (exact) mass is 225 g/mol. The molecule has 3 amide bonds. The topological polar surface area (TPSA) is 66.6 Å². The van der Waals surface area contributed by atoms with Crippen LogP contribution in [0.3, 0.4) is 0 Å². The van der Waals surface area contributed by atoms with Crippen LogP contribution >= 0.6 is 0 Å². The third-order valence-electron chi connectivity index (χ3n) is 3.45. The van der Waals surface area contributed by atoms with Crippen LogP contribution in [0, 0.1) is 0 Å². The summed E-state index contributed by atoms with van der Waals surface area (Å²) in [5.74, 6) is -0.368. The van der Waals surface area contributed by atoms with Crippen molar-refractivity contribution >= 4 is 11.9 Å². The number of rotatable bonds is 1. The van der Waals surface area contributed by atoms with Crippen LogP contribution in [0.25, 0.3) is 0 Å². The average molecular weight is 225 g/mol. The molecule has 0 aromatic heterocycles.